The van der Waals surface area contributed by atoms with Crippen LogP contribution in [0.2, 0.25) is 0 Å². The molecule has 2 aliphatic rings. The number of nitrogens with zero attached hydrogens (tertiary/aromatic N) is 3. The van der Waals surface area contributed by atoms with Crippen molar-refractivity contribution in [2.45, 2.75) is 64.5 Å². The average Bonchev–Trinajstić information content (AvgIpc) is 3.73. The summed E-state index contributed by atoms with van der Waals surface area (Å²) in [5.41, 5.74) is 4.80. The van der Waals surface area contributed by atoms with Crippen molar-refractivity contribution in [1.29, 1.82) is 0 Å². The van der Waals surface area contributed by atoms with Crippen LogP contribution in [-0.2, 0) is 14.4 Å². The molecule has 3 heterocycles. The van der Waals surface area contributed by atoms with Crippen LogP contribution in [0.15, 0.2) is 54.7 Å². The van der Waals surface area contributed by atoms with Crippen LogP contribution >= 0.6 is 0 Å². The second-order valence-electron chi connectivity index (χ2n) is 10.0. The quantitative estimate of drug-likeness (QED) is 0.456. The SMILES string of the molecule is CCC(=O)N1CCC[C@H]1C(=O)Nc1ccc(-c2ccc(-c3cnc([C@@H]4CCCN4C(=O)CC)[nH]3)cc2)cc1. The topological polar surface area (TPSA) is 98.4 Å². The number of likely N-dealkylation sites (tertiary alicyclic amines) is 2. The molecular weight excluding hydrogens is 478 g/mol. The summed E-state index contributed by atoms with van der Waals surface area (Å²) < 4.78 is 0. The zero-order valence-corrected chi connectivity index (χ0v) is 22.1. The van der Waals surface area contributed by atoms with Crippen molar-refractivity contribution in [3.8, 4) is 22.4 Å². The van der Waals surface area contributed by atoms with Gasteiger partial charge in [0.05, 0.1) is 17.9 Å². The molecule has 2 fully saturated rings. The van der Waals surface area contributed by atoms with Crippen LogP contribution in [0.25, 0.3) is 22.4 Å². The summed E-state index contributed by atoms with van der Waals surface area (Å²) in [5, 5.41) is 2.97. The van der Waals surface area contributed by atoms with Crippen molar-refractivity contribution in [3.05, 3.63) is 60.6 Å². The molecule has 0 radical (unpaired) electrons. The number of hydrogen-bond donors (Lipinski definition) is 2. The molecule has 1 aromatic heterocycles. The second kappa shape index (κ2) is 11.2. The van der Waals surface area contributed by atoms with Gasteiger partial charge in [0, 0.05) is 31.6 Å². The van der Waals surface area contributed by atoms with Gasteiger partial charge < -0.3 is 20.1 Å². The van der Waals surface area contributed by atoms with Gasteiger partial charge in [-0.15, -0.1) is 0 Å². The van der Waals surface area contributed by atoms with Gasteiger partial charge in [-0.05, 0) is 54.5 Å². The highest BCUT2D eigenvalue weighted by atomic mass is 16.2. The summed E-state index contributed by atoms with van der Waals surface area (Å²) in [6, 6.07) is 15.7. The van der Waals surface area contributed by atoms with Crippen molar-refractivity contribution in [3.63, 3.8) is 0 Å². The molecular formula is C30H35N5O3. The first kappa shape index (κ1) is 25.7. The first-order valence-corrected chi connectivity index (χ1v) is 13.6. The molecule has 198 valence electrons. The molecule has 2 saturated heterocycles. The maximum Gasteiger partial charge on any atom is 0.247 e. The van der Waals surface area contributed by atoms with Gasteiger partial charge in [-0.2, -0.15) is 0 Å². The zero-order chi connectivity index (χ0) is 26.6. The number of rotatable bonds is 7. The smallest absolute Gasteiger partial charge is 0.247 e. The summed E-state index contributed by atoms with van der Waals surface area (Å²) in [5.74, 6) is 0.924. The highest BCUT2D eigenvalue weighted by Crippen LogP contribution is 2.32. The first-order valence-electron chi connectivity index (χ1n) is 13.6. The summed E-state index contributed by atoms with van der Waals surface area (Å²) in [6.07, 6.45) is 6.26. The molecule has 0 spiro atoms. The third-order valence-corrected chi connectivity index (χ3v) is 7.65. The molecule has 0 bridgehead atoms. The highest BCUT2D eigenvalue weighted by molar-refractivity contribution is 5.97. The lowest BCUT2D eigenvalue weighted by Gasteiger charge is -2.23. The number of imidazole rings is 1. The molecule has 2 N–H and O–H groups in total. The van der Waals surface area contributed by atoms with Crippen LogP contribution in [0.4, 0.5) is 5.69 Å². The van der Waals surface area contributed by atoms with Crippen molar-refractivity contribution >= 4 is 23.4 Å². The van der Waals surface area contributed by atoms with E-state index in [1.807, 2.05) is 49.2 Å². The van der Waals surface area contributed by atoms with Crippen molar-refractivity contribution in [1.82, 2.24) is 19.8 Å². The van der Waals surface area contributed by atoms with Gasteiger partial charge in [-0.3, -0.25) is 14.4 Å². The Hall–Kier alpha value is -3.94. The van der Waals surface area contributed by atoms with E-state index in [0.717, 1.165) is 59.7 Å². The zero-order valence-electron chi connectivity index (χ0n) is 22.1. The number of carbonyl (C=O) groups is 3. The van der Waals surface area contributed by atoms with Crippen molar-refractivity contribution in [2.24, 2.45) is 0 Å². The van der Waals surface area contributed by atoms with Crippen LogP contribution in [0, 0.1) is 0 Å². The molecule has 3 aromatic rings. The summed E-state index contributed by atoms with van der Waals surface area (Å²) in [6.45, 7) is 5.17. The van der Waals surface area contributed by atoms with Gasteiger partial charge in [-0.25, -0.2) is 4.98 Å². The van der Waals surface area contributed by atoms with E-state index < -0.39 is 0 Å². The molecule has 2 atom stereocenters. The van der Waals surface area contributed by atoms with Gasteiger partial charge in [0.2, 0.25) is 17.7 Å². The monoisotopic (exact) mass is 513 g/mol. The Bertz CT molecular complexity index is 1300. The normalized spacial score (nSPS) is 19.1. The van der Waals surface area contributed by atoms with E-state index in [9.17, 15) is 14.4 Å². The van der Waals surface area contributed by atoms with Gasteiger partial charge in [0.25, 0.3) is 0 Å². The minimum absolute atomic E-state index is 0.0263. The third kappa shape index (κ3) is 5.21. The van der Waals surface area contributed by atoms with Gasteiger partial charge in [-0.1, -0.05) is 50.2 Å². The largest absolute Gasteiger partial charge is 0.340 e. The van der Waals surface area contributed by atoms with E-state index in [-0.39, 0.29) is 29.8 Å². The average molecular weight is 514 g/mol. The Labute approximate surface area is 223 Å². The highest BCUT2D eigenvalue weighted by Gasteiger charge is 2.33. The minimum Gasteiger partial charge on any atom is -0.340 e. The fourth-order valence-corrected chi connectivity index (χ4v) is 5.56. The number of amides is 3. The lowest BCUT2D eigenvalue weighted by molar-refractivity contribution is -0.136. The predicted octanol–water partition coefficient (Wildman–Crippen LogP) is 5.16. The number of H-pyrrole nitrogens is 1. The molecule has 8 heteroatoms. The first-order chi connectivity index (χ1) is 18.5. The van der Waals surface area contributed by atoms with E-state index in [1.54, 1.807) is 4.90 Å². The van der Waals surface area contributed by atoms with Gasteiger partial charge >= 0.3 is 0 Å². The van der Waals surface area contributed by atoms with Crippen LogP contribution < -0.4 is 5.32 Å². The van der Waals surface area contributed by atoms with Crippen LogP contribution in [0.5, 0.6) is 0 Å². The molecule has 3 amide bonds. The van der Waals surface area contributed by atoms with Gasteiger partial charge in [0.15, 0.2) is 0 Å². The predicted molar refractivity (Wildman–Crippen MR) is 147 cm³/mol. The van der Waals surface area contributed by atoms with Crippen molar-refractivity contribution < 1.29 is 14.4 Å². The maximum atomic E-state index is 12.8. The maximum absolute atomic E-state index is 12.8. The number of hydrogen-bond acceptors (Lipinski definition) is 4. The molecule has 0 aliphatic carbocycles. The van der Waals surface area contributed by atoms with E-state index in [0.29, 0.717) is 25.8 Å². The number of carbonyl (C=O) groups excluding carboxylic acids is 3. The number of aromatic amines is 1. The molecule has 0 saturated carbocycles. The second-order valence-corrected chi connectivity index (χ2v) is 10.0. The molecule has 2 aliphatic heterocycles. The Balaban J connectivity index is 1.23. The Morgan fingerprint density at radius 1 is 0.842 bits per heavy atom. The molecule has 8 nitrogen and oxygen atoms in total. The summed E-state index contributed by atoms with van der Waals surface area (Å²) in [7, 11) is 0. The molecule has 2 aromatic carbocycles. The fraction of sp³-hybridized carbons (Fsp3) is 0.400. The Morgan fingerprint density at radius 2 is 1.42 bits per heavy atom. The molecule has 0 unspecified atom stereocenters. The molecule has 5 rings (SSSR count). The van der Waals surface area contributed by atoms with E-state index in [2.05, 4.69) is 39.6 Å². The number of benzene rings is 2. The van der Waals surface area contributed by atoms with E-state index >= 15 is 0 Å². The lowest BCUT2D eigenvalue weighted by Crippen LogP contribution is -2.42. The van der Waals surface area contributed by atoms with Crippen LogP contribution in [0.3, 0.4) is 0 Å². The number of nitrogens with one attached hydrogen (secondary N) is 2. The number of anilines is 1. The van der Waals surface area contributed by atoms with Crippen LogP contribution in [-0.4, -0.2) is 56.6 Å². The summed E-state index contributed by atoms with van der Waals surface area (Å²) >= 11 is 0. The van der Waals surface area contributed by atoms with E-state index in [1.165, 1.54) is 0 Å². The Kier molecular flexibility index (Phi) is 7.58. The third-order valence-electron chi connectivity index (χ3n) is 7.65. The standard InChI is InChI=1S/C30H35N5O3/c1-3-27(36)34-17-5-7-25(34)29-31-19-24(33-29)22-11-9-20(10-12-22)21-13-15-23(16-14-21)32-30(38)26-8-6-18-35(26)28(37)4-2/h9-16,19,25-26H,3-8,17-18H2,1-2H3,(H,31,33)(H,32,38)/t25-,26-/m0/s1. The number of aromatic nitrogens is 2. The lowest BCUT2D eigenvalue weighted by atomic mass is 10.0. The molecule has 38 heavy (non-hydrogen) atoms. The summed E-state index contributed by atoms with van der Waals surface area (Å²) in [4.78, 5) is 48.9. The van der Waals surface area contributed by atoms with E-state index in [4.69, 9.17) is 0 Å². The van der Waals surface area contributed by atoms with Gasteiger partial charge in [0.1, 0.15) is 11.9 Å². The van der Waals surface area contributed by atoms with Crippen LogP contribution in [0.1, 0.15) is 64.2 Å². The Morgan fingerprint density at radius 3 is 2.11 bits per heavy atom. The van der Waals surface area contributed by atoms with Crippen molar-refractivity contribution in [2.75, 3.05) is 18.4 Å². The fourth-order valence-electron chi connectivity index (χ4n) is 5.56. The minimum atomic E-state index is -0.387.